The first-order valence-corrected chi connectivity index (χ1v) is 13.2. The molecule has 2 N–H and O–H groups in total. The first-order valence-electron chi connectivity index (χ1n) is 12.2. The number of benzene rings is 3. The number of hydrazone groups is 1. The van der Waals surface area contributed by atoms with E-state index in [1.54, 1.807) is 12.1 Å². The SMILES string of the molecule is CC[NH+](CC)c1ccc(C=NNC(=O)CSc2nnc(-c3ccccc3)n2-c2ccc(C)cc2)c([O-])c1. The third-order valence-corrected chi connectivity index (χ3v) is 6.89. The third kappa shape index (κ3) is 6.44. The van der Waals surface area contributed by atoms with Crippen molar-refractivity contribution in [2.45, 2.75) is 25.9 Å². The van der Waals surface area contributed by atoms with E-state index in [0.29, 0.717) is 16.5 Å². The van der Waals surface area contributed by atoms with Gasteiger partial charge in [-0.3, -0.25) is 9.36 Å². The normalized spacial score (nSPS) is 11.4. The first kappa shape index (κ1) is 26.1. The zero-order chi connectivity index (χ0) is 26.2. The molecule has 0 aliphatic heterocycles. The number of nitrogens with one attached hydrogen (secondary N) is 2. The summed E-state index contributed by atoms with van der Waals surface area (Å²) in [6.45, 7) is 8.00. The highest BCUT2D eigenvalue weighted by Gasteiger charge is 2.17. The van der Waals surface area contributed by atoms with Gasteiger partial charge in [0, 0.05) is 11.3 Å². The van der Waals surface area contributed by atoms with E-state index in [2.05, 4.69) is 34.6 Å². The second-order valence-corrected chi connectivity index (χ2v) is 9.43. The van der Waals surface area contributed by atoms with E-state index >= 15 is 0 Å². The van der Waals surface area contributed by atoms with Gasteiger partial charge in [0.25, 0.3) is 5.91 Å². The monoisotopic (exact) mass is 514 g/mol. The number of nitrogens with zero attached hydrogens (tertiary/aromatic N) is 4. The van der Waals surface area contributed by atoms with Crippen molar-refractivity contribution in [1.82, 2.24) is 20.2 Å². The fourth-order valence-corrected chi connectivity index (χ4v) is 4.66. The molecule has 0 unspecified atom stereocenters. The van der Waals surface area contributed by atoms with Crippen molar-refractivity contribution in [2.75, 3.05) is 18.8 Å². The van der Waals surface area contributed by atoms with Crippen LogP contribution in [-0.4, -0.2) is 45.7 Å². The summed E-state index contributed by atoms with van der Waals surface area (Å²) in [6, 6.07) is 23.2. The Labute approximate surface area is 221 Å². The Hall–Kier alpha value is -3.95. The highest BCUT2D eigenvalue weighted by molar-refractivity contribution is 7.99. The number of hydrogen-bond acceptors (Lipinski definition) is 6. The van der Waals surface area contributed by atoms with Gasteiger partial charge in [0.1, 0.15) is 5.69 Å². The van der Waals surface area contributed by atoms with E-state index in [1.807, 2.05) is 72.2 Å². The third-order valence-electron chi connectivity index (χ3n) is 5.96. The lowest BCUT2D eigenvalue weighted by atomic mass is 10.2. The van der Waals surface area contributed by atoms with Gasteiger partial charge in [-0.15, -0.1) is 10.2 Å². The predicted molar refractivity (Wildman–Crippen MR) is 146 cm³/mol. The van der Waals surface area contributed by atoms with Crippen molar-refractivity contribution < 1.29 is 14.8 Å². The van der Waals surface area contributed by atoms with Crippen LogP contribution in [0, 0.1) is 6.92 Å². The van der Waals surface area contributed by atoms with E-state index in [0.717, 1.165) is 35.6 Å². The van der Waals surface area contributed by atoms with Gasteiger partial charge < -0.3 is 10.0 Å². The predicted octanol–water partition coefficient (Wildman–Crippen LogP) is 3.11. The second kappa shape index (κ2) is 12.3. The molecule has 190 valence electrons. The molecular weight excluding hydrogens is 484 g/mol. The number of hydrogen-bond donors (Lipinski definition) is 2. The molecule has 0 atom stereocenters. The van der Waals surface area contributed by atoms with E-state index in [-0.39, 0.29) is 17.4 Å². The summed E-state index contributed by atoms with van der Waals surface area (Å²) in [5.41, 5.74) is 6.87. The summed E-state index contributed by atoms with van der Waals surface area (Å²) in [5, 5.41) is 25.8. The van der Waals surface area contributed by atoms with Crippen LogP contribution < -0.4 is 15.4 Å². The minimum atomic E-state index is -0.308. The Balaban J connectivity index is 1.44. The molecule has 9 heteroatoms. The van der Waals surface area contributed by atoms with Crippen molar-refractivity contribution >= 4 is 29.6 Å². The molecule has 8 nitrogen and oxygen atoms in total. The van der Waals surface area contributed by atoms with E-state index in [4.69, 9.17) is 0 Å². The van der Waals surface area contributed by atoms with E-state index in [1.165, 1.54) is 22.9 Å². The molecule has 0 radical (unpaired) electrons. The Bertz CT molecular complexity index is 1370. The molecule has 3 aromatic carbocycles. The molecule has 1 amide bonds. The minimum absolute atomic E-state index is 0.0879. The Morgan fingerprint density at radius 3 is 2.46 bits per heavy atom. The molecular formula is C28H30N6O2S. The molecule has 0 bridgehead atoms. The average molecular weight is 515 g/mol. The quantitative estimate of drug-likeness (QED) is 0.192. The molecule has 4 rings (SSSR count). The number of aromatic nitrogens is 3. The molecule has 0 spiro atoms. The summed E-state index contributed by atoms with van der Waals surface area (Å²) in [4.78, 5) is 13.7. The van der Waals surface area contributed by atoms with Gasteiger partial charge in [0.2, 0.25) is 0 Å². The molecule has 1 heterocycles. The van der Waals surface area contributed by atoms with Crippen LogP contribution in [0.5, 0.6) is 5.75 Å². The molecule has 4 aromatic rings. The van der Waals surface area contributed by atoms with E-state index < -0.39 is 0 Å². The molecule has 37 heavy (non-hydrogen) atoms. The van der Waals surface area contributed by atoms with Gasteiger partial charge in [-0.25, -0.2) is 5.43 Å². The topological polar surface area (TPSA) is 99.7 Å². The standard InChI is InChI=1S/C28H30N6O2S/c1-4-33(5-2)24-16-13-22(25(35)17-24)18-29-30-26(36)19-37-28-32-31-27(21-9-7-6-8-10-21)34(28)23-14-11-20(3)12-15-23/h6-18,35H,4-5,19H2,1-3H3,(H,30,36). The zero-order valence-electron chi connectivity index (χ0n) is 21.1. The van der Waals surface area contributed by atoms with Gasteiger partial charge in [-0.2, -0.15) is 5.10 Å². The van der Waals surface area contributed by atoms with Crippen LogP contribution in [0.25, 0.3) is 17.1 Å². The fourth-order valence-electron chi connectivity index (χ4n) is 3.92. The lowest BCUT2D eigenvalue weighted by Crippen LogP contribution is -3.06. The number of aryl methyl sites for hydroxylation is 1. The number of carbonyl (C=O) groups is 1. The van der Waals surface area contributed by atoms with Gasteiger partial charge in [-0.1, -0.05) is 65.5 Å². The fraction of sp³-hybridized carbons (Fsp3) is 0.214. The molecule has 0 fully saturated rings. The second-order valence-electron chi connectivity index (χ2n) is 8.49. The van der Waals surface area contributed by atoms with Gasteiger partial charge >= 0.3 is 0 Å². The van der Waals surface area contributed by atoms with Crippen molar-refractivity contribution in [3.8, 4) is 22.8 Å². The van der Waals surface area contributed by atoms with Crippen LogP contribution in [0.2, 0.25) is 0 Å². The van der Waals surface area contributed by atoms with E-state index in [9.17, 15) is 9.90 Å². The molecule has 1 aromatic heterocycles. The van der Waals surface area contributed by atoms with Crippen LogP contribution in [0.1, 0.15) is 25.0 Å². The maximum atomic E-state index is 12.5. The van der Waals surface area contributed by atoms with Crippen LogP contribution in [0.3, 0.4) is 0 Å². The average Bonchev–Trinajstić information content (AvgIpc) is 3.34. The zero-order valence-corrected chi connectivity index (χ0v) is 22.0. The van der Waals surface area contributed by atoms with Crippen LogP contribution in [0.15, 0.2) is 83.1 Å². The molecule has 0 saturated carbocycles. The van der Waals surface area contributed by atoms with Gasteiger partial charge in [0.05, 0.1) is 25.1 Å². The summed E-state index contributed by atoms with van der Waals surface area (Å²) in [6.07, 6.45) is 1.38. The number of carbonyl (C=O) groups excluding carboxylic acids is 1. The lowest BCUT2D eigenvalue weighted by molar-refractivity contribution is -0.828. The lowest BCUT2D eigenvalue weighted by Gasteiger charge is -2.18. The smallest absolute Gasteiger partial charge is 0.250 e. The highest BCUT2D eigenvalue weighted by Crippen LogP contribution is 2.28. The minimum Gasteiger partial charge on any atom is -0.872 e. The van der Waals surface area contributed by atoms with Gasteiger partial charge in [-0.05, 0) is 56.7 Å². The van der Waals surface area contributed by atoms with Crippen molar-refractivity contribution in [1.29, 1.82) is 0 Å². The van der Waals surface area contributed by atoms with Crippen LogP contribution in [0.4, 0.5) is 5.69 Å². The highest BCUT2D eigenvalue weighted by atomic mass is 32.2. The molecule has 0 aliphatic carbocycles. The maximum Gasteiger partial charge on any atom is 0.250 e. The van der Waals surface area contributed by atoms with Crippen molar-refractivity contribution in [3.05, 3.63) is 83.9 Å². The summed E-state index contributed by atoms with van der Waals surface area (Å²) >= 11 is 1.27. The Morgan fingerprint density at radius 1 is 1.05 bits per heavy atom. The maximum absolute atomic E-state index is 12.5. The summed E-state index contributed by atoms with van der Waals surface area (Å²) in [7, 11) is 0. The van der Waals surface area contributed by atoms with Crippen LogP contribution in [-0.2, 0) is 4.79 Å². The summed E-state index contributed by atoms with van der Waals surface area (Å²) in [5.74, 6) is 0.356. The van der Waals surface area contributed by atoms with Crippen molar-refractivity contribution in [3.63, 3.8) is 0 Å². The summed E-state index contributed by atoms with van der Waals surface area (Å²) < 4.78 is 1.94. The largest absolute Gasteiger partial charge is 0.872 e. The first-order chi connectivity index (χ1) is 18.0. The van der Waals surface area contributed by atoms with Crippen LogP contribution >= 0.6 is 11.8 Å². The van der Waals surface area contributed by atoms with Crippen molar-refractivity contribution in [2.24, 2.45) is 5.10 Å². The molecule has 0 aliphatic rings. The molecule has 0 saturated heterocycles. The van der Waals surface area contributed by atoms with Gasteiger partial charge in [0.15, 0.2) is 11.0 Å². The number of thioether (sulfide) groups is 1. The Morgan fingerprint density at radius 2 is 1.78 bits per heavy atom. The number of amides is 1. The number of quaternary nitrogens is 1. The Kier molecular flexibility index (Phi) is 8.71. The number of rotatable bonds is 10.